The van der Waals surface area contributed by atoms with Crippen molar-refractivity contribution >= 4 is 0 Å². The van der Waals surface area contributed by atoms with Gasteiger partial charge < -0.3 is 4.42 Å². The molecule has 2 rings (SSSR count). The minimum Gasteiger partial charge on any atom is -0.464 e. The summed E-state index contributed by atoms with van der Waals surface area (Å²) in [6.45, 7) is 15.7. The van der Waals surface area contributed by atoms with Gasteiger partial charge in [-0.2, -0.15) is 0 Å². The molecule has 0 radical (unpaired) electrons. The standard InChI is InChI=1S/C18H30NO/c1-17(2,3)15-12-14(19-10-8-7-9-11-19)13-16(20-15)18(4,5)6/h12-13H,7-11H2,1-6H3/q+1. The van der Waals surface area contributed by atoms with E-state index in [9.17, 15) is 0 Å². The largest absolute Gasteiger partial charge is 0.464 e. The van der Waals surface area contributed by atoms with Gasteiger partial charge in [0.1, 0.15) is 24.6 Å². The third kappa shape index (κ3) is 3.53. The van der Waals surface area contributed by atoms with Crippen LogP contribution < -0.4 is 9.93 Å². The first-order chi connectivity index (χ1) is 9.18. The molecule has 2 nitrogen and oxygen atoms in total. The van der Waals surface area contributed by atoms with Crippen molar-refractivity contribution in [3.8, 4) is 0 Å². The molecule has 0 atom stereocenters. The Morgan fingerprint density at radius 2 is 1.25 bits per heavy atom. The lowest BCUT2D eigenvalue weighted by molar-refractivity contribution is 0.324. The van der Waals surface area contributed by atoms with E-state index in [1.54, 1.807) is 0 Å². The fourth-order valence-electron chi connectivity index (χ4n) is 2.56. The Kier molecular flexibility index (Phi) is 4.13. The molecule has 0 aromatic carbocycles. The van der Waals surface area contributed by atoms with Crippen LogP contribution in [0.25, 0.3) is 0 Å². The van der Waals surface area contributed by atoms with Crippen LogP contribution in [0, 0.1) is 0 Å². The SMILES string of the molecule is CC(C)(C)c1cc(=[N+]2CCCCC2)cc(C(C)(C)C)o1. The van der Waals surface area contributed by atoms with Crippen molar-refractivity contribution in [2.45, 2.75) is 71.6 Å². The molecule has 1 saturated heterocycles. The van der Waals surface area contributed by atoms with Gasteiger partial charge in [0.25, 0.3) is 0 Å². The van der Waals surface area contributed by atoms with Crippen molar-refractivity contribution in [2.75, 3.05) is 13.1 Å². The molecule has 0 amide bonds. The lowest BCUT2D eigenvalue weighted by atomic mass is 9.90. The summed E-state index contributed by atoms with van der Waals surface area (Å²) in [5, 5.41) is 1.34. The Morgan fingerprint density at radius 1 is 0.800 bits per heavy atom. The molecule has 1 aliphatic heterocycles. The molecule has 1 fully saturated rings. The van der Waals surface area contributed by atoms with Gasteiger partial charge in [-0.05, 0) is 6.42 Å². The average Bonchev–Trinajstić information content (AvgIpc) is 2.37. The monoisotopic (exact) mass is 276 g/mol. The van der Waals surface area contributed by atoms with Crippen LogP contribution in [0.15, 0.2) is 16.5 Å². The van der Waals surface area contributed by atoms with Crippen LogP contribution in [-0.2, 0) is 10.8 Å². The van der Waals surface area contributed by atoms with E-state index < -0.39 is 0 Å². The van der Waals surface area contributed by atoms with Crippen molar-refractivity contribution in [3.63, 3.8) is 0 Å². The zero-order valence-electron chi connectivity index (χ0n) is 14.0. The van der Waals surface area contributed by atoms with Crippen LogP contribution >= 0.6 is 0 Å². The second-order valence-electron chi connectivity index (χ2n) is 8.09. The maximum absolute atomic E-state index is 6.21. The van der Waals surface area contributed by atoms with Crippen molar-refractivity contribution in [1.29, 1.82) is 0 Å². The second-order valence-corrected chi connectivity index (χ2v) is 8.09. The maximum Gasteiger partial charge on any atom is 0.206 e. The van der Waals surface area contributed by atoms with Gasteiger partial charge in [-0.3, -0.25) is 0 Å². The lowest BCUT2D eigenvalue weighted by Gasteiger charge is -2.23. The van der Waals surface area contributed by atoms with Crippen molar-refractivity contribution in [1.82, 2.24) is 4.58 Å². The maximum atomic E-state index is 6.21. The number of piperidine rings is 1. The second kappa shape index (κ2) is 5.38. The van der Waals surface area contributed by atoms with E-state index in [1.165, 1.54) is 37.7 Å². The van der Waals surface area contributed by atoms with Gasteiger partial charge in [0.15, 0.2) is 0 Å². The van der Waals surface area contributed by atoms with E-state index in [0.29, 0.717) is 0 Å². The predicted molar refractivity (Wildman–Crippen MR) is 85.0 cm³/mol. The molecule has 112 valence electrons. The highest BCUT2D eigenvalue weighted by molar-refractivity contribution is 5.17. The van der Waals surface area contributed by atoms with Crippen LogP contribution in [0.2, 0.25) is 0 Å². The molecular formula is C18H30NO+. The Balaban J connectivity index is 2.63. The average molecular weight is 276 g/mol. The molecule has 0 N–H and O–H groups in total. The highest BCUT2D eigenvalue weighted by Crippen LogP contribution is 2.27. The fourth-order valence-corrected chi connectivity index (χ4v) is 2.56. The zero-order valence-corrected chi connectivity index (χ0v) is 14.0. The topological polar surface area (TPSA) is 16.1 Å². The van der Waals surface area contributed by atoms with Crippen LogP contribution in [-0.4, -0.2) is 13.1 Å². The van der Waals surface area contributed by atoms with E-state index in [0.717, 1.165) is 11.5 Å². The third-order valence-corrected chi connectivity index (χ3v) is 3.98. The van der Waals surface area contributed by atoms with Crippen LogP contribution in [0.4, 0.5) is 0 Å². The summed E-state index contributed by atoms with van der Waals surface area (Å²) in [6, 6.07) is 4.50. The summed E-state index contributed by atoms with van der Waals surface area (Å²) in [5.41, 5.74) is 0.0948. The van der Waals surface area contributed by atoms with Gasteiger partial charge >= 0.3 is 0 Å². The molecule has 0 unspecified atom stereocenters. The van der Waals surface area contributed by atoms with Gasteiger partial charge in [-0.15, -0.1) is 0 Å². The summed E-state index contributed by atoms with van der Waals surface area (Å²) >= 11 is 0. The Morgan fingerprint density at radius 3 is 1.65 bits per heavy atom. The first-order valence-corrected chi connectivity index (χ1v) is 7.92. The van der Waals surface area contributed by atoms with Crippen LogP contribution in [0.1, 0.15) is 72.3 Å². The molecule has 0 aliphatic carbocycles. The lowest BCUT2D eigenvalue weighted by Crippen LogP contribution is -2.36. The van der Waals surface area contributed by atoms with E-state index in [4.69, 9.17) is 4.42 Å². The normalized spacial score (nSPS) is 17.4. The Bertz CT molecular complexity index is 495. The van der Waals surface area contributed by atoms with Crippen molar-refractivity contribution < 1.29 is 4.42 Å². The molecule has 0 saturated carbocycles. The van der Waals surface area contributed by atoms with Gasteiger partial charge in [-0.25, -0.2) is 4.58 Å². The summed E-state index contributed by atoms with van der Waals surface area (Å²) in [6.07, 6.45) is 3.98. The Labute approximate surface area is 123 Å². The molecular weight excluding hydrogens is 246 g/mol. The molecule has 2 heteroatoms. The van der Waals surface area contributed by atoms with E-state index in [-0.39, 0.29) is 10.8 Å². The summed E-state index contributed by atoms with van der Waals surface area (Å²) < 4.78 is 8.73. The number of nitrogens with zero attached hydrogens (tertiary/aromatic N) is 1. The first kappa shape index (κ1) is 15.3. The highest BCUT2D eigenvalue weighted by Gasteiger charge is 2.25. The zero-order chi connectivity index (χ0) is 15.0. The molecule has 20 heavy (non-hydrogen) atoms. The highest BCUT2D eigenvalue weighted by atomic mass is 16.3. The molecule has 2 heterocycles. The van der Waals surface area contributed by atoms with Crippen LogP contribution in [0.3, 0.4) is 0 Å². The quantitative estimate of drug-likeness (QED) is 0.658. The predicted octanol–water partition coefficient (Wildman–Crippen LogP) is 3.83. The smallest absolute Gasteiger partial charge is 0.206 e. The number of hydrogen-bond donors (Lipinski definition) is 0. The number of hydrogen-bond acceptors (Lipinski definition) is 1. The summed E-state index contributed by atoms with van der Waals surface area (Å²) in [4.78, 5) is 0. The first-order valence-electron chi connectivity index (χ1n) is 7.92. The summed E-state index contributed by atoms with van der Waals surface area (Å²) in [7, 11) is 0. The third-order valence-electron chi connectivity index (χ3n) is 3.98. The number of rotatable bonds is 0. The fraction of sp³-hybridized carbons (Fsp3) is 0.722. The molecule has 1 aliphatic rings. The van der Waals surface area contributed by atoms with Gasteiger partial charge in [-0.1, -0.05) is 41.5 Å². The van der Waals surface area contributed by atoms with Crippen molar-refractivity contribution in [3.05, 3.63) is 29.0 Å². The van der Waals surface area contributed by atoms with Crippen LogP contribution in [0.5, 0.6) is 0 Å². The molecule has 1 aromatic heterocycles. The van der Waals surface area contributed by atoms with Gasteiger partial charge in [0, 0.05) is 35.8 Å². The molecule has 1 aromatic rings. The van der Waals surface area contributed by atoms with E-state index in [1.807, 2.05) is 0 Å². The minimum absolute atomic E-state index is 0.0474. The van der Waals surface area contributed by atoms with Crippen molar-refractivity contribution in [2.24, 2.45) is 0 Å². The minimum atomic E-state index is 0.0474. The van der Waals surface area contributed by atoms with E-state index >= 15 is 0 Å². The summed E-state index contributed by atoms with van der Waals surface area (Å²) in [5.74, 6) is 2.18. The molecule has 0 spiro atoms. The molecule has 0 bridgehead atoms. The van der Waals surface area contributed by atoms with Gasteiger partial charge in [0.05, 0.1) is 0 Å². The van der Waals surface area contributed by atoms with E-state index in [2.05, 4.69) is 58.3 Å². The Hall–Kier alpha value is -1.05. The van der Waals surface area contributed by atoms with Gasteiger partial charge in [0.2, 0.25) is 5.36 Å².